The van der Waals surface area contributed by atoms with Gasteiger partial charge in [0.1, 0.15) is 5.76 Å². The van der Waals surface area contributed by atoms with Gasteiger partial charge in [0.25, 0.3) is 0 Å². The standard InChI is InChI=1S/C17H20ClNO/c1-12-8-13(2)11-19(10-12)16-6-5-14(9-15(16)18)17-4-3-7-20-17/h3-7,9,12-13H,8,10-11H2,1-2H3. The lowest BCUT2D eigenvalue weighted by Crippen LogP contribution is -2.38. The van der Waals surface area contributed by atoms with Gasteiger partial charge in [0.15, 0.2) is 0 Å². The Labute approximate surface area is 125 Å². The van der Waals surface area contributed by atoms with Gasteiger partial charge in [0.2, 0.25) is 0 Å². The fourth-order valence-corrected chi connectivity index (χ4v) is 3.52. The summed E-state index contributed by atoms with van der Waals surface area (Å²) in [5.41, 5.74) is 2.17. The van der Waals surface area contributed by atoms with Crippen molar-refractivity contribution in [2.75, 3.05) is 18.0 Å². The van der Waals surface area contributed by atoms with Crippen LogP contribution in [0.2, 0.25) is 5.02 Å². The lowest BCUT2D eigenvalue weighted by atomic mass is 9.91. The highest BCUT2D eigenvalue weighted by atomic mass is 35.5. The number of nitrogens with zero attached hydrogens (tertiary/aromatic N) is 1. The molecule has 3 rings (SSSR count). The van der Waals surface area contributed by atoms with Gasteiger partial charge in [-0.15, -0.1) is 0 Å². The summed E-state index contributed by atoms with van der Waals surface area (Å²) < 4.78 is 5.42. The fourth-order valence-electron chi connectivity index (χ4n) is 3.22. The molecule has 0 radical (unpaired) electrons. The van der Waals surface area contributed by atoms with E-state index in [0.717, 1.165) is 47.0 Å². The van der Waals surface area contributed by atoms with E-state index >= 15 is 0 Å². The molecule has 0 N–H and O–H groups in total. The van der Waals surface area contributed by atoms with Crippen molar-refractivity contribution in [3.8, 4) is 11.3 Å². The van der Waals surface area contributed by atoms with Gasteiger partial charge >= 0.3 is 0 Å². The number of hydrogen-bond donors (Lipinski definition) is 0. The molecule has 1 saturated heterocycles. The molecule has 1 aromatic heterocycles. The molecule has 106 valence electrons. The molecule has 1 aliphatic heterocycles. The smallest absolute Gasteiger partial charge is 0.133 e. The van der Waals surface area contributed by atoms with E-state index in [-0.39, 0.29) is 0 Å². The molecule has 0 bridgehead atoms. The summed E-state index contributed by atoms with van der Waals surface area (Å²) in [5.74, 6) is 2.30. The normalized spacial score (nSPS) is 23.1. The summed E-state index contributed by atoms with van der Waals surface area (Å²) in [4.78, 5) is 2.41. The first-order valence-corrected chi connectivity index (χ1v) is 7.59. The maximum Gasteiger partial charge on any atom is 0.133 e. The quantitative estimate of drug-likeness (QED) is 0.766. The van der Waals surface area contributed by atoms with Crippen molar-refractivity contribution in [1.82, 2.24) is 0 Å². The zero-order valence-corrected chi connectivity index (χ0v) is 12.7. The SMILES string of the molecule is CC1CC(C)CN(c2ccc(-c3ccco3)cc2Cl)C1. The van der Waals surface area contributed by atoms with E-state index in [1.54, 1.807) is 6.26 Å². The van der Waals surface area contributed by atoms with Crippen LogP contribution in [-0.4, -0.2) is 13.1 Å². The van der Waals surface area contributed by atoms with Gasteiger partial charge in [0, 0.05) is 18.7 Å². The first-order chi connectivity index (χ1) is 9.63. The van der Waals surface area contributed by atoms with Gasteiger partial charge < -0.3 is 9.32 Å². The van der Waals surface area contributed by atoms with Crippen LogP contribution in [0.1, 0.15) is 20.3 Å². The molecule has 2 aromatic rings. The van der Waals surface area contributed by atoms with Crippen LogP contribution in [0.4, 0.5) is 5.69 Å². The summed E-state index contributed by atoms with van der Waals surface area (Å²) in [5, 5.41) is 0.806. The first kappa shape index (κ1) is 13.6. The Hall–Kier alpha value is -1.41. The summed E-state index contributed by atoms with van der Waals surface area (Å²) in [7, 11) is 0. The van der Waals surface area contributed by atoms with Crippen LogP contribution in [0.25, 0.3) is 11.3 Å². The van der Waals surface area contributed by atoms with Crippen molar-refractivity contribution in [3.05, 3.63) is 41.6 Å². The minimum atomic E-state index is 0.722. The molecule has 2 unspecified atom stereocenters. The van der Waals surface area contributed by atoms with Crippen molar-refractivity contribution in [1.29, 1.82) is 0 Å². The first-order valence-electron chi connectivity index (χ1n) is 7.22. The minimum Gasteiger partial charge on any atom is -0.464 e. The van der Waals surface area contributed by atoms with Crippen LogP contribution in [0.3, 0.4) is 0 Å². The molecule has 2 atom stereocenters. The van der Waals surface area contributed by atoms with Crippen molar-refractivity contribution in [2.24, 2.45) is 11.8 Å². The van der Waals surface area contributed by atoms with E-state index in [0.29, 0.717) is 0 Å². The number of piperidine rings is 1. The van der Waals surface area contributed by atoms with Crippen LogP contribution < -0.4 is 4.90 Å². The van der Waals surface area contributed by atoms with E-state index in [2.05, 4.69) is 30.9 Å². The maximum absolute atomic E-state index is 6.49. The summed E-state index contributed by atoms with van der Waals surface area (Å²) in [6.45, 7) is 6.80. The van der Waals surface area contributed by atoms with Gasteiger partial charge in [0.05, 0.1) is 17.0 Å². The maximum atomic E-state index is 6.49. The third kappa shape index (κ3) is 2.71. The lowest BCUT2D eigenvalue weighted by Gasteiger charge is -2.37. The lowest BCUT2D eigenvalue weighted by molar-refractivity contribution is 0.357. The number of rotatable bonds is 2. The average Bonchev–Trinajstić information content (AvgIpc) is 2.91. The molecule has 0 amide bonds. The number of furan rings is 1. The molecule has 1 aromatic carbocycles. The van der Waals surface area contributed by atoms with Gasteiger partial charge in [-0.25, -0.2) is 0 Å². The van der Waals surface area contributed by atoms with E-state index in [1.165, 1.54) is 6.42 Å². The highest BCUT2D eigenvalue weighted by Gasteiger charge is 2.23. The van der Waals surface area contributed by atoms with Crippen molar-refractivity contribution in [3.63, 3.8) is 0 Å². The summed E-state index contributed by atoms with van der Waals surface area (Å²) in [6.07, 6.45) is 2.99. The Morgan fingerprint density at radius 2 is 1.90 bits per heavy atom. The van der Waals surface area contributed by atoms with Gasteiger partial charge in [-0.3, -0.25) is 0 Å². The topological polar surface area (TPSA) is 16.4 Å². The summed E-state index contributed by atoms with van der Waals surface area (Å²) >= 11 is 6.49. The van der Waals surface area contributed by atoms with Crippen molar-refractivity contribution < 1.29 is 4.42 Å². The van der Waals surface area contributed by atoms with E-state index in [4.69, 9.17) is 16.0 Å². The van der Waals surface area contributed by atoms with Crippen LogP contribution in [0.15, 0.2) is 41.0 Å². The number of hydrogen-bond acceptors (Lipinski definition) is 2. The minimum absolute atomic E-state index is 0.722. The van der Waals surface area contributed by atoms with E-state index in [9.17, 15) is 0 Å². The second-order valence-electron chi connectivity index (χ2n) is 5.99. The fraction of sp³-hybridized carbons (Fsp3) is 0.412. The molecule has 1 aliphatic rings. The van der Waals surface area contributed by atoms with E-state index < -0.39 is 0 Å². The molecule has 20 heavy (non-hydrogen) atoms. The molecule has 0 spiro atoms. The highest BCUT2D eigenvalue weighted by Crippen LogP contribution is 2.34. The molecule has 0 saturated carbocycles. The van der Waals surface area contributed by atoms with E-state index in [1.807, 2.05) is 18.2 Å². The Bertz CT molecular complexity index is 569. The molecule has 2 heterocycles. The van der Waals surface area contributed by atoms with Crippen LogP contribution in [0.5, 0.6) is 0 Å². The Morgan fingerprint density at radius 3 is 2.50 bits per heavy atom. The van der Waals surface area contributed by atoms with Crippen LogP contribution >= 0.6 is 11.6 Å². The zero-order valence-electron chi connectivity index (χ0n) is 12.0. The Balaban J connectivity index is 1.87. The van der Waals surface area contributed by atoms with Gasteiger partial charge in [-0.2, -0.15) is 0 Å². The molecular formula is C17H20ClNO. The zero-order chi connectivity index (χ0) is 14.1. The van der Waals surface area contributed by atoms with Gasteiger partial charge in [-0.1, -0.05) is 25.4 Å². The molecule has 1 fully saturated rings. The molecule has 0 aliphatic carbocycles. The van der Waals surface area contributed by atoms with Crippen LogP contribution in [-0.2, 0) is 0 Å². The predicted octanol–water partition coefficient (Wildman–Crippen LogP) is 5.08. The van der Waals surface area contributed by atoms with Crippen molar-refractivity contribution >= 4 is 17.3 Å². The largest absolute Gasteiger partial charge is 0.464 e. The molecule has 2 nitrogen and oxygen atoms in total. The number of halogens is 1. The number of benzene rings is 1. The Kier molecular flexibility index (Phi) is 3.75. The number of anilines is 1. The average molecular weight is 290 g/mol. The monoisotopic (exact) mass is 289 g/mol. The van der Waals surface area contributed by atoms with Crippen molar-refractivity contribution in [2.45, 2.75) is 20.3 Å². The molecular weight excluding hydrogens is 270 g/mol. The molecule has 3 heteroatoms. The second kappa shape index (κ2) is 5.53. The third-order valence-electron chi connectivity index (χ3n) is 3.96. The second-order valence-corrected chi connectivity index (χ2v) is 6.40. The highest BCUT2D eigenvalue weighted by molar-refractivity contribution is 6.33. The predicted molar refractivity (Wildman–Crippen MR) is 84.3 cm³/mol. The van der Waals surface area contributed by atoms with Gasteiger partial charge in [-0.05, 0) is 48.6 Å². The Morgan fingerprint density at radius 1 is 1.15 bits per heavy atom. The summed E-state index contributed by atoms with van der Waals surface area (Å²) in [6, 6.07) is 10.1. The van der Waals surface area contributed by atoms with Crippen LogP contribution in [0, 0.1) is 11.8 Å². The third-order valence-corrected chi connectivity index (χ3v) is 4.27.